The Labute approximate surface area is 133 Å². The molecule has 110 valence electrons. The molecule has 1 rings (SSSR count). The van der Waals surface area contributed by atoms with Crippen molar-refractivity contribution in [3.8, 4) is 0 Å². The summed E-state index contributed by atoms with van der Waals surface area (Å²) in [6, 6.07) is 1.21. The zero-order valence-corrected chi connectivity index (χ0v) is 12.1. The maximum Gasteiger partial charge on any atom is 2.00 e. The molecule has 0 amide bonds. The second kappa shape index (κ2) is 6.73. The van der Waals surface area contributed by atoms with Crippen LogP contribution in [-0.4, -0.2) is 23.1 Å². The van der Waals surface area contributed by atoms with E-state index in [0.29, 0.717) is 0 Å². The van der Waals surface area contributed by atoms with Crippen LogP contribution in [-0.2, 0) is 18.5 Å². The van der Waals surface area contributed by atoms with Crippen molar-refractivity contribution in [3.05, 3.63) is 34.9 Å². The SMILES string of the molecule is FC(F)(F)c1[c-]ccc(C(F)(F)F)c1C(F)(F)F.[Br-].[Mg+2]. The summed E-state index contributed by atoms with van der Waals surface area (Å²) in [5.41, 5.74) is -7.64. The minimum Gasteiger partial charge on any atom is -1.00 e. The van der Waals surface area contributed by atoms with E-state index >= 15 is 0 Å². The van der Waals surface area contributed by atoms with E-state index in [2.05, 4.69) is 0 Å². The number of benzene rings is 1. The molecule has 0 spiro atoms. The first-order valence-electron chi connectivity index (χ1n) is 4.11. The summed E-state index contributed by atoms with van der Waals surface area (Å²) in [7, 11) is 0. The minimum absolute atomic E-state index is 0. The van der Waals surface area contributed by atoms with Crippen molar-refractivity contribution in [2.24, 2.45) is 0 Å². The largest absolute Gasteiger partial charge is 2.00 e. The van der Waals surface area contributed by atoms with Crippen LogP contribution in [0.2, 0.25) is 0 Å². The van der Waals surface area contributed by atoms with Crippen LogP contribution in [0.25, 0.3) is 0 Å². The molecule has 0 aliphatic carbocycles. The van der Waals surface area contributed by atoms with Gasteiger partial charge in [-0.3, -0.25) is 0 Å². The monoisotopic (exact) mass is 384 g/mol. The van der Waals surface area contributed by atoms with Crippen LogP contribution in [0.3, 0.4) is 0 Å². The van der Waals surface area contributed by atoms with Gasteiger partial charge in [-0.05, 0) is 16.7 Å². The molecule has 0 heterocycles. The molecule has 0 bridgehead atoms. The zero-order chi connectivity index (χ0) is 14.4. The number of halogens is 10. The van der Waals surface area contributed by atoms with Crippen LogP contribution in [0.5, 0.6) is 0 Å². The molecule has 0 saturated heterocycles. The first-order valence-corrected chi connectivity index (χ1v) is 4.11. The summed E-state index contributed by atoms with van der Waals surface area (Å²) in [5.74, 6) is 0. The molecule has 20 heavy (non-hydrogen) atoms. The molecular formula is C9H2BrF9Mg. The Bertz CT molecular complexity index is 414. The van der Waals surface area contributed by atoms with Gasteiger partial charge in [-0.2, -0.15) is 57.7 Å². The number of rotatable bonds is 0. The molecule has 0 saturated carbocycles. The maximum absolute atomic E-state index is 12.3. The maximum atomic E-state index is 12.3. The fourth-order valence-corrected chi connectivity index (χ4v) is 1.25. The molecule has 1 aromatic carbocycles. The predicted molar refractivity (Wildman–Crippen MR) is 46.0 cm³/mol. The van der Waals surface area contributed by atoms with E-state index < -0.39 is 35.2 Å². The summed E-state index contributed by atoms with van der Waals surface area (Å²) < 4.78 is 111. The minimum atomic E-state index is -5.78. The Morgan fingerprint density at radius 2 is 1.20 bits per heavy atom. The van der Waals surface area contributed by atoms with E-state index in [1.54, 1.807) is 0 Å². The first-order chi connectivity index (χ1) is 7.85. The van der Waals surface area contributed by atoms with Crippen molar-refractivity contribution >= 4 is 23.1 Å². The number of hydrogen-bond acceptors (Lipinski definition) is 0. The van der Waals surface area contributed by atoms with Crippen LogP contribution in [0, 0.1) is 6.07 Å². The van der Waals surface area contributed by atoms with Crippen molar-refractivity contribution in [1.29, 1.82) is 0 Å². The Balaban J connectivity index is 0. The number of alkyl halides is 9. The van der Waals surface area contributed by atoms with Gasteiger partial charge < -0.3 is 17.0 Å². The van der Waals surface area contributed by atoms with Crippen LogP contribution in [0.15, 0.2) is 12.1 Å². The topological polar surface area (TPSA) is 0 Å². The van der Waals surface area contributed by atoms with E-state index in [9.17, 15) is 39.5 Å². The van der Waals surface area contributed by atoms with Crippen molar-refractivity contribution in [1.82, 2.24) is 0 Å². The van der Waals surface area contributed by atoms with Gasteiger partial charge in [0.2, 0.25) is 0 Å². The van der Waals surface area contributed by atoms with E-state index in [4.69, 9.17) is 0 Å². The smallest absolute Gasteiger partial charge is 1.00 e. The zero-order valence-electron chi connectivity index (χ0n) is 9.14. The van der Waals surface area contributed by atoms with Gasteiger partial charge in [0.05, 0.1) is 0 Å². The van der Waals surface area contributed by atoms with Gasteiger partial charge >= 0.3 is 41.6 Å². The fraction of sp³-hybridized carbons (Fsp3) is 0.333. The molecule has 0 atom stereocenters. The van der Waals surface area contributed by atoms with Crippen molar-refractivity contribution < 1.29 is 56.5 Å². The van der Waals surface area contributed by atoms with Crippen molar-refractivity contribution in [2.75, 3.05) is 0 Å². The van der Waals surface area contributed by atoms with Crippen molar-refractivity contribution in [2.45, 2.75) is 18.5 Å². The quantitative estimate of drug-likeness (QED) is 0.357. The van der Waals surface area contributed by atoms with Gasteiger partial charge in [0, 0.05) is 0 Å². The summed E-state index contributed by atoms with van der Waals surface area (Å²) in [6.07, 6.45) is -16.9. The van der Waals surface area contributed by atoms with E-state index in [1.807, 2.05) is 0 Å². The molecule has 0 aromatic heterocycles. The third-order valence-corrected chi connectivity index (χ3v) is 1.87. The normalized spacial score (nSPS) is 12.4. The van der Waals surface area contributed by atoms with Gasteiger partial charge in [-0.25, -0.2) is 0 Å². The Morgan fingerprint density at radius 3 is 1.50 bits per heavy atom. The average Bonchev–Trinajstić information content (AvgIpc) is 2.12. The van der Waals surface area contributed by atoms with Crippen LogP contribution in [0.1, 0.15) is 16.7 Å². The molecule has 0 N–H and O–H groups in total. The number of hydrogen-bond donors (Lipinski definition) is 0. The van der Waals surface area contributed by atoms with E-state index in [0.717, 1.165) is 6.07 Å². The third kappa shape index (κ3) is 4.99. The Hall–Kier alpha value is -0.164. The molecule has 0 unspecified atom stereocenters. The standard InChI is InChI=1S/C9H2F9.BrH.Mg/c10-7(11,12)4-2-1-3-5(8(13,14)15)6(4)9(16,17)18;;/h1-2H;1H;/q-1;;+2/p-1. The van der Waals surface area contributed by atoms with Gasteiger partial charge in [0.25, 0.3) is 0 Å². The molecule has 0 nitrogen and oxygen atoms in total. The second-order valence-electron chi connectivity index (χ2n) is 3.13. The van der Waals surface area contributed by atoms with Crippen molar-refractivity contribution in [3.63, 3.8) is 0 Å². The van der Waals surface area contributed by atoms with E-state index in [-0.39, 0.29) is 52.2 Å². The molecule has 0 aliphatic rings. The first kappa shape index (κ1) is 22.1. The molecular weight excluding hydrogens is 383 g/mol. The second-order valence-corrected chi connectivity index (χ2v) is 3.13. The summed E-state index contributed by atoms with van der Waals surface area (Å²) in [6.45, 7) is 0. The molecule has 0 aliphatic heterocycles. The Morgan fingerprint density at radius 1 is 0.750 bits per heavy atom. The summed E-state index contributed by atoms with van der Waals surface area (Å²) in [4.78, 5) is 0. The summed E-state index contributed by atoms with van der Waals surface area (Å²) in [5, 5.41) is 0. The van der Waals surface area contributed by atoms with Gasteiger partial charge in [0.1, 0.15) is 0 Å². The molecule has 1 aromatic rings. The van der Waals surface area contributed by atoms with E-state index in [1.165, 1.54) is 0 Å². The van der Waals surface area contributed by atoms with Gasteiger partial charge in [0.15, 0.2) is 0 Å². The van der Waals surface area contributed by atoms with Crippen LogP contribution < -0.4 is 17.0 Å². The van der Waals surface area contributed by atoms with Gasteiger partial charge in [-0.15, -0.1) is 0 Å². The average molecular weight is 385 g/mol. The molecule has 0 radical (unpaired) electrons. The van der Waals surface area contributed by atoms with Crippen LogP contribution >= 0.6 is 0 Å². The third-order valence-electron chi connectivity index (χ3n) is 1.87. The molecule has 11 heteroatoms. The fourth-order valence-electron chi connectivity index (χ4n) is 1.25. The Kier molecular flexibility index (Phi) is 7.45. The summed E-state index contributed by atoms with van der Waals surface area (Å²) >= 11 is 0. The van der Waals surface area contributed by atoms with Crippen LogP contribution in [0.4, 0.5) is 39.5 Å². The molecule has 0 fully saturated rings. The predicted octanol–water partition coefficient (Wildman–Crippen LogP) is 1.17. The van der Waals surface area contributed by atoms with Gasteiger partial charge in [-0.1, -0.05) is 0 Å².